The van der Waals surface area contributed by atoms with Gasteiger partial charge in [0.1, 0.15) is 11.6 Å². The highest BCUT2D eigenvalue weighted by Crippen LogP contribution is 2.21. The highest BCUT2D eigenvalue weighted by atomic mass is 16.6. The first-order valence-electron chi connectivity index (χ1n) is 9.33. The number of amides is 3. The molecular weight excluding hydrogens is 350 g/mol. The van der Waals surface area contributed by atoms with Gasteiger partial charge in [-0.2, -0.15) is 0 Å². The zero-order valence-corrected chi connectivity index (χ0v) is 16.7. The van der Waals surface area contributed by atoms with E-state index in [1.165, 1.54) is 11.0 Å². The minimum atomic E-state index is -0.923. The van der Waals surface area contributed by atoms with Crippen molar-refractivity contribution in [2.45, 2.75) is 71.1 Å². The number of nitrogens with zero attached hydrogens (tertiary/aromatic N) is 1. The third-order valence-corrected chi connectivity index (χ3v) is 4.02. The quantitative estimate of drug-likeness (QED) is 0.490. The summed E-state index contributed by atoms with van der Waals surface area (Å²) in [4.78, 5) is 50.6. The molecule has 0 aromatic heterocycles. The number of carbonyl (C=O) groups excluding carboxylic acids is 4. The van der Waals surface area contributed by atoms with Gasteiger partial charge in [0.25, 0.3) is 5.91 Å². The van der Waals surface area contributed by atoms with E-state index in [9.17, 15) is 19.2 Å². The predicted molar refractivity (Wildman–Crippen MR) is 101 cm³/mol. The smallest absolute Gasteiger partial charge is 0.410 e. The molecule has 8 heteroatoms. The maximum Gasteiger partial charge on any atom is 0.410 e. The molecule has 27 heavy (non-hydrogen) atoms. The number of ketones is 1. The van der Waals surface area contributed by atoms with Gasteiger partial charge in [-0.05, 0) is 40.0 Å². The first-order valence-corrected chi connectivity index (χ1v) is 9.33. The summed E-state index contributed by atoms with van der Waals surface area (Å²) in [5.74, 6) is -1.90. The second-order valence-corrected chi connectivity index (χ2v) is 7.54. The summed E-state index contributed by atoms with van der Waals surface area (Å²) < 4.78 is 5.35. The van der Waals surface area contributed by atoms with Crippen molar-refractivity contribution in [2.24, 2.45) is 0 Å². The molecule has 1 rings (SSSR count). The molecule has 1 aliphatic heterocycles. The van der Waals surface area contributed by atoms with Crippen LogP contribution in [-0.4, -0.2) is 59.4 Å². The van der Waals surface area contributed by atoms with E-state index in [1.54, 1.807) is 20.8 Å². The Labute approximate surface area is 160 Å². The van der Waals surface area contributed by atoms with Crippen molar-refractivity contribution in [3.8, 4) is 0 Å². The lowest BCUT2D eigenvalue weighted by Gasteiger charge is -2.29. The first-order chi connectivity index (χ1) is 12.6. The summed E-state index contributed by atoms with van der Waals surface area (Å²) in [5, 5.41) is 5.06. The minimum Gasteiger partial charge on any atom is -0.444 e. The summed E-state index contributed by atoms with van der Waals surface area (Å²) >= 11 is 0. The van der Waals surface area contributed by atoms with Gasteiger partial charge in [0.2, 0.25) is 11.7 Å². The van der Waals surface area contributed by atoms with Crippen LogP contribution >= 0.6 is 0 Å². The van der Waals surface area contributed by atoms with E-state index in [2.05, 4.69) is 17.2 Å². The summed E-state index contributed by atoms with van der Waals surface area (Å²) in [5.41, 5.74) is -0.662. The normalized spacial score (nSPS) is 17.8. The summed E-state index contributed by atoms with van der Waals surface area (Å²) in [6.07, 6.45) is 3.03. The Hall–Kier alpha value is -2.38. The second-order valence-electron chi connectivity index (χ2n) is 7.54. The predicted octanol–water partition coefficient (Wildman–Crippen LogP) is 1.54. The fraction of sp³-hybridized carbons (Fsp3) is 0.684. The van der Waals surface area contributed by atoms with Crippen molar-refractivity contribution in [3.05, 3.63) is 12.7 Å². The first kappa shape index (κ1) is 22.7. The molecule has 1 heterocycles. The molecule has 152 valence electrons. The van der Waals surface area contributed by atoms with E-state index in [0.29, 0.717) is 32.2 Å². The standard InChI is InChI=1S/C19H31N3O5/c1-6-9-13(15(23)17(25)20-11-7-2)21-16(24)14-10-8-12-22(14)18(26)27-19(3,4)5/h7,13-14H,2,6,8-12H2,1,3-5H3,(H,20,25)(H,21,24). The number of Topliss-reactive ketones (excluding diaryl/α,β-unsaturated/α-hetero) is 1. The van der Waals surface area contributed by atoms with Gasteiger partial charge in [0.05, 0.1) is 6.04 Å². The molecular formula is C19H31N3O5. The third-order valence-electron chi connectivity index (χ3n) is 4.02. The van der Waals surface area contributed by atoms with Gasteiger partial charge in [0.15, 0.2) is 0 Å². The molecule has 0 radical (unpaired) electrons. The van der Waals surface area contributed by atoms with Crippen LogP contribution in [-0.2, 0) is 19.1 Å². The Kier molecular flexibility index (Phi) is 8.46. The molecule has 8 nitrogen and oxygen atoms in total. The van der Waals surface area contributed by atoms with Crippen molar-refractivity contribution in [2.75, 3.05) is 13.1 Å². The molecule has 0 aromatic rings. The molecule has 2 atom stereocenters. The van der Waals surface area contributed by atoms with Crippen LogP contribution in [0, 0.1) is 0 Å². The third kappa shape index (κ3) is 7.03. The Bertz CT molecular complexity index is 582. The molecule has 2 N–H and O–H groups in total. The van der Waals surface area contributed by atoms with Crippen LogP contribution in [0.2, 0.25) is 0 Å². The lowest BCUT2D eigenvalue weighted by molar-refractivity contribution is -0.140. The Morgan fingerprint density at radius 3 is 2.52 bits per heavy atom. The van der Waals surface area contributed by atoms with Gasteiger partial charge in [0, 0.05) is 13.1 Å². The van der Waals surface area contributed by atoms with Gasteiger partial charge in [-0.3, -0.25) is 19.3 Å². The lowest BCUT2D eigenvalue weighted by atomic mass is 10.1. The van der Waals surface area contributed by atoms with Gasteiger partial charge in [-0.25, -0.2) is 4.79 Å². The maximum absolute atomic E-state index is 12.7. The zero-order chi connectivity index (χ0) is 20.6. The van der Waals surface area contributed by atoms with E-state index in [-0.39, 0.29) is 6.54 Å². The van der Waals surface area contributed by atoms with Gasteiger partial charge >= 0.3 is 6.09 Å². The van der Waals surface area contributed by atoms with Crippen molar-refractivity contribution in [1.29, 1.82) is 0 Å². The van der Waals surface area contributed by atoms with E-state index < -0.39 is 41.4 Å². The molecule has 1 fully saturated rings. The molecule has 3 amide bonds. The van der Waals surface area contributed by atoms with Crippen LogP contribution in [0.4, 0.5) is 4.79 Å². The Morgan fingerprint density at radius 2 is 1.96 bits per heavy atom. The molecule has 0 saturated carbocycles. The molecule has 2 unspecified atom stereocenters. The van der Waals surface area contributed by atoms with Gasteiger partial charge in [-0.15, -0.1) is 6.58 Å². The highest BCUT2D eigenvalue weighted by Gasteiger charge is 2.38. The van der Waals surface area contributed by atoms with Crippen LogP contribution in [0.3, 0.4) is 0 Å². The topological polar surface area (TPSA) is 105 Å². The molecule has 0 aliphatic carbocycles. The van der Waals surface area contributed by atoms with Crippen LogP contribution in [0.1, 0.15) is 53.4 Å². The largest absolute Gasteiger partial charge is 0.444 e. The molecule has 1 aliphatic rings. The summed E-state index contributed by atoms with van der Waals surface area (Å²) in [7, 11) is 0. The number of hydrogen-bond donors (Lipinski definition) is 2. The summed E-state index contributed by atoms with van der Waals surface area (Å²) in [6, 6.07) is -1.63. The van der Waals surface area contributed by atoms with Gasteiger partial charge in [-0.1, -0.05) is 19.4 Å². The van der Waals surface area contributed by atoms with Crippen LogP contribution < -0.4 is 10.6 Å². The second kappa shape index (κ2) is 10.1. The van der Waals surface area contributed by atoms with Crippen molar-refractivity contribution < 1.29 is 23.9 Å². The fourth-order valence-electron chi connectivity index (χ4n) is 2.81. The Morgan fingerprint density at radius 1 is 1.30 bits per heavy atom. The number of carbonyl (C=O) groups is 4. The number of likely N-dealkylation sites (tertiary alicyclic amines) is 1. The maximum atomic E-state index is 12.7. The van der Waals surface area contributed by atoms with E-state index in [1.807, 2.05) is 6.92 Å². The number of hydrogen-bond acceptors (Lipinski definition) is 5. The molecule has 0 spiro atoms. The SMILES string of the molecule is C=CCNC(=O)C(=O)C(CCC)NC(=O)C1CCCN1C(=O)OC(C)(C)C. The van der Waals surface area contributed by atoms with Gasteiger partial charge < -0.3 is 15.4 Å². The fourth-order valence-corrected chi connectivity index (χ4v) is 2.81. The average molecular weight is 381 g/mol. The van der Waals surface area contributed by atoms with E-state index in [4.69, 9.17) is 4.74 Å². The minimum absolute atomic E-state index is 0.173. The highest BCUT2D eigenvalue weighted by molar-refractivity contribution is 6.38. The molecule has 0 aromatic carbocycles. The van der Waals surface area contributed by atoms with Crippen LogP contribution in [0.25, 0.3) is 0 Å². The number of nitrogens with one attached hydrogen (secondary N) is 2. The van der Waals surface area contributed by atoms with Crippen molar-refractivity contribution >= 4 is 23.7 Å². The van der Waals surface area contributed by atoms with E-state index >= 15 is 0 Å². The van der Waals surface area contributed by atoms with Crippen LogP contribution in [0.5, 0.6) is 0 Å². The number of rotatable bonds is 8. The van der Waals surface area contributed by atoms with Crippen molar-refractivity contribution in [3.63, 3.8) is 0 Å². The lowest BCUT2D eigenvalue weighted by Crippen LogP contribution is -2.53. The average Bonchev–Trinajstić information content (AvgIpc) is 3.07. The number of ether oxygens (including phenoxy) is 1. The monoisotopic (exact) mass is 381 g/mol. The Balaban J connectivity index is 2.79. The zero-order valence-electron chi connectivity index (χ0n) is 16.7. The van der Waals surface area contributed by atoms with Crippen molar-refractivity contribution in [1.82, 2.24) is 15.5 Å². The molecule has 1 saturated heterocycles. The molecule has 0 bridgehead atoms. The summed E-state index contributed by atoms with van der Waals surface area (Å²) in [6.45, 7) is 11.2. The van der Waals surface area contributed by atoms with E-state index in [0.717, 1.165) is 0 Å². The van der Waals surface area contributed by atoms with Crippen LogP contribution in [0.15, 0.2) is 12.7 Å².